The lowest BCUT2D eigenvalue weighted by Crippen LogP contribution is -1.89. The third-order valence-corrected chi connectivity index (χ3v) is 6.91. The fourth-order valence-corrected chi connectivity index (χ4v) is 5.50. The number of aromatic nitrogens is 2. The first-order valence-electron chi connectivity index (χ1n) is 9.29. The van der Waals surface area contributed by atoms with Crippen molar-refractivity contribution < 1.29 is 4.74 Å². The van der Waals surface area contributed by atoms with E-state index in [-0.39, 0.29) is 0 Å². The van der Waals surface area contributed by atoms with Crippen LogP contribution in [0.3, 0.4) is 0 Å². The Labute approximate surface area is 177 Å². The Kier molecular flexibility index (Phi) is 4.92. The largest absolute Gasteiger partial charge is 0.497 e. The van der Waals surface area contributed by atoms with Gasteiger partial charge in [0.1, 0.15) is 21.9 Å². The predicted octanol–water partition coefficient (Wildman–Crippen LogP) is 6.81. The van der Waals surface area contributed by atoms with Gasteiger partial charge in [-0.25, -0.2) is 9.97 Å². The molecule has 0 aliphatic heterocycles. The van der Waals surface area contributed by atoms with Gasteiger partial charge in [-0.3, -0.25) is 0 Å². The molecule has 0 amide bonds. The Morgan fingerprint density at radius 1 is 0.931 bits per heavy atom. The normalized spacial score (nSPS) is 11.2. The number of hydrogen-bond acceptors (Lipinski definition) is 5. The molecule has 29 heavy (non-hydrogen) atoms. The Morgan fingerprint density at radius 3 is 2.62 bits per heavy atom. The van der Waals surface area contributed by atoms with E-state index in [4.69, 9.17) is 4.74 Å². The topological polar surface area (TPSA) is 35.0 Å². The molecule has 0 spiro atoms. The van der Waals surface area contributed by atoms with E-state index < -0.39 is 0 Å². The van der Waals surface area contributed by atoms with Crippen molar-refractivity contribution >= 4 is 44.1 Å². The van der Waals surface area contributed by atoms with Crippen molar-refractivity contribution in [1.29, 1.82) is 0 Å². The fourth-order valence-electron chi connectivity index (χ4n) is 3.50. The fraction of sp³-hybridized carbons (Fsp3) is 0.0833. The van der Waals surface area contributed by atoms with E-state index in [2.05, 4.69) is 69.9 Å². The van der Waals surface area contributed by atoms with Crippen LogP contribution in [0.1, 0.15) is 5.56 Å². The Hall–Kier alpha value is -2.89. The van der Waals surface area contributed by atoms with E-state index in [1.165, 1.54) is 21.9 Å². The quantitative estimate of drug-likeness (QED) is 0.234. The van der Waals surface area contributed by atoms with Gasteiger partial charge in [-0.05, 0) is 34.0 Å². The molecule has 0 fully saturated rings. The number of ether oxygens (including phenoxy) is 1. The van der Waals surface area contributed by atoms with Crippen LogP contribution in [0.5, 0.6) is 5.75 Å². The van der Waals surface area contributed by atoms with Crippen molar-refractivity contribution in [2.45, 2.75) is 10.8 Å². The van der Waals surface area contributed by atoms with E-state index in [9.17, 15) is 0 Å². The lowest BCUT2D eigenvalue weighted by molar-refractivity contribution is 0.415. The van der Waals surface area contributed by atoms with Crippen molar-refractivity contribution in [3.63, 3.8) is 0 Å². The molecule has 5 rings (SSSR count). The van der Waals surface area contributed by atoms with Crippen LogP contribution < -0.4 is 4.74 Å². The van der Waals surface area contributed by atoms with Crippen LogP contribution in [0.15, 0.2) is 83.5 Å². The summed E-state index contributed by atoms with van der Waals surface area (Å²) >= 11 is 3.43. The lowest BCUT2D eigenvalue weighted by atomic mass is 10.1. The smallest absolute Gasteiger partial charge is 0.128 e. The molecule has 0 unspecified atom stereocenters. The Balaban J connectivity index is 1.52. The van der Waals surface area contributed by atoms with Gasteiger partial charge in [0.2, 0.25) is 0 Å². The highest BCUT2D eigenvalue weighted by Gasteiger charge is 2.14. The van der Waals surface area contributed by atoms with E-state index in [0.717, 1.165) is 32.3 Å². The number of methoxy groups -OCH3 is 1. The molecule has 5 heteroatoms. The summed E-state index contributed by atoms with van der Waals surface area (Å²) in [4.78, 5) is 10.1. The molecule has 0 N–H and O–H groups in total. The third kappa shape index (κ3) is 3.48. The Bertz CT molecular complexity index is 1290. The number of fused-ring (bicyclic) bond motifs is 2. The summed E-state index contributed by atoms with van der Waals surface area (Å²) in [6.07, 6.45) is 1.67. The summed E-state index contributed by atoms with van der Waals surface area (Å²) in [5, 5.41) is 6.90. The second-order valence-electron chi connectivity index (χ2n) is 6.66. The highest BCUT2D eigenvalue weighted by molar-refractivity contribution is 7.98. The molecule has 0 saturated carbocycles. The highest BCUT2D eigenvalue weighted by atomic mass is 32.2. The molecule has 142 valence electrons. The first kappa shape index (κ1) is 18.2. The van der Waals surface area contributed by atoms with Crippen molar-refractivity contribution in [1.82, 2.24) is 9.97 Å². The van der Waals surface area contributed by atoms with Crippen LogP contribution in [-0.4, -0.2) is 17.1 Å². The van der Waals surface area contributed by atoms with Gasteiger partial charge in [0, 0.05) is 16.7 Å². The lowest BCUT2D eigenvalue weighted by Gasteiger charge is -2.08. The van der Waals surface area contributed by atoms with Gasteiger partial charge in [-0.1, -0.05) is 54.6 Å². The molecule has 3 nitrogen and oxygen atoms in total. The van der Waals surface area contributed by atoms with Crippen LogP contribution in [0.4, 0.5) is 0 Å². The SMILES string of the molecule is COc1ccc(-c2csc3ncnc(SCc4cccc5ccccc45)c23)cc1. The first-order valence-corrected chi connectivity index (χ1v) is 11.2. The van der Waals surface area contributed by atoms with Crippen LogP contribution in [-0.2, 0) is 5.75 Å². The third-order valence-electron chi connectivity index (χ3n) is 4.98. The van der Waals surface area contributed by atoms with Gasteiger partial charge in [0.15, 0.2) is 0 Å². The molecule has 0 atom stereocenters. The average molecular weight is 415 g/mol. The molecule has 5 aromatic rings. The number of benzene rings is 3. The number of thiophene rings is 1. The molecular formula is C24H18N2OS2. The minimum atomic E-state index is 0.857. The zero-order chi connectivity index (χ0) is 19.6. The summed E-state index contributed by atoms with van der Waals surface area (Å²) in [5.41, 5.74) is 3.65. The van der Waals surface area contributed by atoms with Crippen LogP contribution >= 0.6 is 23.1 Å². The van der Waals surface area contributed by atoms with E-state index in [1.807, 2.05) is 12.1 Å². The molecule has 0 bridgehead atoms. The predicted molar refractivity (Wildman–Crippen MR) is 123 cm³/mol. The summed E-state index contributed by atoms with van der Waals surface area (Å²) in [5.74, 6) is 1.72. The van der Waals surface area contributed by atoms with Gasteiger partial charge < -0.3 is 4.74 Å². The summed E-state index contributed by atoms with van der Waals surface area (Å²) in [6, 6.07) is 23.2. The van der Waals surface area contributed by atoms with E-state index >= 15 is 0 Å². The minimum Gasteiger partial charge on any atom is -0.497 e. The van der Waals surface area contributed by atoms with Gasteiger partial charge in [0.25, 0.3) is 0 Å². The van der Waals surface area contributed by atoms with Crippen molar-refractivity contribution in [2.75, 3.05) is 7.11 Å². The molecule has 2 aromatic heterocycles. The summed E-state index contributed by atoms with van der Waals surface area (Å²) in [7, 11) is 1.69. The maximum Gasteiger partial charge on any atom is 0.128 e. The zero-order valence-electron chi connectivity index (χ0n) is 15.8. The van der Waals surface area contributed by atoms with Crippen LogP contribution in [0, 0.1) is 0 Å². The summed E-state index contributed by atoms with van der Waals surface area (Å²) < 4.78 is 5.29. The maximum absolute atomic E-state index is 5.29. The second kappa shape index (κ2) is 7.85. The standard InChI is InChI=1S/C24H18N2OS2/c1-27-19-11-9-17(10-12-19)21-14-29-24-22(21)23(25-15-26-24)28-13-18-7-4-6-16-5-2-3-8-20(16)18/h2-12,14-15H,13H2,1H3. The molecule has 2 heterocycles. The van der Waals surface area contributed by atoms with Crippen molar-refractivity contribution in [2.24, 2.45) is 0 Å². The van der Waals surface area contributed by atoms with Crippen LogP contribution in [0.25, 0.3) is 32.1 Å². The molecule has 0 aliphatic rings. The minimum absolute atomic E-state index is 0.857. The van der Waals surface area contributed by atoms with Crippen molar-refractivity contribution in [3.05, 3.63) is 84.0 Å². The average Bonchev–Trinajstić information content (AvgIpc) is 3.22. The molecule has 0 radical (unpaired) electrons. The molecule has 0 saturated heterocycles. The Morgan fingerprint density at radius 2 is 1.76 bits per heavy atom. The second-order valence-corrected chi connectivity index (χ2v) is 8.49. The number of thioether (sulfide) groups is 1. The van der Waals surface area contributed by atoms with Crippen LogP contribution in [0.2, 0.25) is 0 Å². The highest BCUT2D eigenvalue weighted by Crippen LogP contribution is 2.39. The summed E-state index contributed by atoms with van der Waals surface area (Å²) in [6.45, 7) is 0. The first-order chi connectivity index (χ1) is 14.3. The van der Waals surface area contributed by atoms with Gasteiger partial charge in [0.05, 0.1) is 12.5 Å². The number of hydrogen-bond donors (Lipinski definition) is 0. The molecule has 0 aliphatic carbocycles. The monoisotopic (exact) mass is 414 g/mol. The van der Waals surface area contributed by atoms with E-state index in [1.54, 1.807) is 36.5 Å². The van der Waals surface area contributed by atoms with Crippen molar-refractivity contribution in [3.8, 4) is 16.9 Å². The van der Waals surface area contributed by atoms with Gasteiger partial charge in [-0.15, -0.1) is 23.1 Å². The molecular weight excluding hydrogens is 396 g/mol. The van der Waals surface area contributed by atoms with E-state index in [0.29, 0.717) is 0 Å². The number of rotatable bonds is 5. The molecule has 3 aromatic carbocycles. The maximum atomic E-state index is 5.29. The number of nitrogens with zero attached hydrogens (tertiary/aromatic N) is 2. The van der Waals surface area contributed by atoms with Gasteiger partial charge >= 0.3 is 0 Å². The zero-order valence-corrected chi connectivity index (χ0v) is 17.5. The van der Waals surface area contributed by atoms with Gasteiger partial charge in [-0.2, -0.15) is 0 Å².